The zero-order valence-corrected chi connectivity index (χ0v) is 14.4. The third-order valence-electron chi connectivity index (χ3n) is 4.71. The van der Waals surface area contributed by atoms with E-state index in [0.717, 1.165) is 13.0 Å². The summed E-state index contributed by atoms with van der Waals surface area (Å²) in [6.07, 6.45) is 2.82. The summed E-state index contributed by atoms with van der Waals surface area (Å²) in [5.74, 6) is 0.0858. The quantitative estimate of drug-likeness (QED) is 0.777. The summed E-state index contributed by atoms with van der Waals surface area (Å²) in [7, 11) is 4.05. The van der Waals surface area contributed by atoms with Gasteiger partial charge in [-0.1, -0.05) is 20.8 Å². The average Bonchev–Trinajstić information content (AvgIpc) is 2.46. The molecule has 2 amide bonds. The van der Waals surface area contributed by atoms with Gasteiger partial charge in [-0.15, -0.1) is 0 Å². The van der Waals surface area contributed by atoms with Gasteiger partial charge < -0.3 is 15.1 Å². The highest BCUT2D eigenvalue weighted by atomic mass is 16.2. The van der Waals surface area contributed by atoms with Crippen molar-refractivity contribution < 1.29 is 9.59 Å². The molecule has 1 heterocycles. The molecule has 5 heteroatoms. The van der Waals surface area contributed by atoms with Crippen molar-refractivity contribution in [1.82, 2.24) is 15.1 Å². The molecule has 122 valence electrons. The first kappa shape index (κ1) is 18.0. The fourth-order valence-corrected chi connectivity index (χ4v) is 3.09. The molecule has 0 aromatic carbocycles. The topological polar surface area (TPSA) is 52.7 Å². The standard InChI is InChI=1S/C16H31N3O2/c1-7-13-14(20)17-16(8-2,9-3)15(21)19(13)12(4)10-11-18(5)6/h12-13H,7-11H2,1-6H3,(H,17,20). The number of carbonyl (C=O) groups is 2. The molecule has 0 spiro atoms. The second-order valence-electron chi connectivity index (χ2n) is 6.36. The molecular formula is C16H31N3O2. The van der Waals surface area contributed by atoms with E-state index in [9.17, 15) is 9.59 Å². The first-order valence-corrected chi connectivity index (χ1v) is 8.12. The maximum absolute atomic E-state index is 13.0. The normalized spacial score (nSPS) is 23.4. The minimum Gasteiger partial charge on any atom is -0.340 e. The number of carbonyl (C=O) groups excluding carboxylic acids is 2. The summed E-state index contributed by atoms with van der Waals surface area (Å²) in [6.45, 7) is 8.87. The van der Waals surface area contributed by atoms with Crippen molar-refractivity contribution in [2.24, 2.45) is 0 Å². The van der Waals surface area contributed by atoms with E-state index < -0.39 is 5.54 Å². The van der Waals surface area contributed by atoms with Crippen LogP contribution in [0, 0.1) is 0 Å². The smallest absolute Gasteiger partial charge is 0.249 e. The van der Waals surface area contributed by atoms with Crippen LogP contribution >= 0.6 is 0 Å². The van der Waals surface area contributed by atoms with E-state index in [2.05, 4.69) is 17.1 Å². The molecule has 1 aliphatic heterocycles. The summed E-state index contributed by atoms with van der Waals surface area (Å²) < 4.78 is 0. The molecule has 1 N–H and O–H groups in total. The van der Waals surface area contributed by atoms with Gasteiger partial charge in [0.2, 0.25) is 11.8 Å². The van der Waals surface area contributed by atoms with Gasteiger partial charge in [-0.3, -0.25) is 9.59 Å². The van der Waals surface area contributed by atoms with E-state index in [4.69, 9.17) is 0 Å². The Balaban J connectivity index is 3.03. The lowest BCUT2D eigenvalue weighted by Crippen LogP contribution is -2.71. The first-order valence-electron chi connectivity index (χ1n) is 8.12. The maximum atomic E-state index is 13.0. The Bertz CT molecular complexity index is 378. The molecule has 2 unspecified atom stereocenters. The highest BCUT2D eigenvalue weighted by Gasteiger charge is 2.49. The molecule has 0 saturated carbocycles. The number of hydrogen-bond acceptors (Lipinski definition) is 3. The largest absolute Gasteiger partial charge is 0.340 e. The zero-order chi connectivity index (χ0) is 16.2. The molecule has 2 atom stereocenters. The van der Waals surface area contributed by atoms with Gasteiger partial charge in [0, 0.05) is 6.04 Å². The van der Waals surface area contributed by atoms with Crippen LogP contribution in [0.3, 0.4) is 0 Å². The molecule has 0 bridgehead atoms. The van der Waals surface area contributed by atoms with Crippen LogP contribution in [0.25, 0.3) is 0 Å². The monoisotopic (exact) mass is 297 g/mol. The Morgan fingerprint density at radius 2 is 1.81 bits per heavy atom. The van der Waals surface area contributed by atoms with E-state index in [0.29, 0.717) is 19.3 Å². The van der Waals surface area contributed by atoms with E-state index in [-0.39, 0.29) is 23.9 Å². The average molecular weight is 297 g/mol. The Hall–Kier alpha value is -1.10. The lowest BCUT2D eigenvalue weighted by molar-refractivity contribution is -0.158. The minimum atomic E-state index is -0.713. The highest BCUT2D eigenvalue weighted by Crippen LogP contribution is 2.28. The highest BCUT2D eigenvalue weighted by molar-refractivity contribution is 5.99. The van der Waals surface area contributed by atoms with Crippen LogP contribution in [0.1, 0.15) is 53.4 Å². The SMILES string of the molecule is CCC1C(=O)NC(CC)(CC)C(=O)N1C(C)CCN(C)C. The van der Waals surface area contributed by atoms with Crippen LogP contribution in [-0.2, 0) is 9.59 Å². The lowest BCUT2D eigenvalue weighted by Gasteiger charge is -2.48. The van der Waals surface area contributed by atoms with Gasteiger partial charge in [0.25, 0.3) is 0 Å². The molecule has 1 saturated heterocycles. The zero-order valence-electron chi connectivity index (χ0n) is 14.4. The number of rotatable bonds is 7. The van der Waals surface area contributed by atoms with Crippen LogP contribution in [-0.4, -0.2) is 59.9 Å². The predicted octanol–water partition coefficient (Wildman–Crippen LogP) is 1.62. The summed E-state index contributed by atoms with van der Waals surface area (Å²) in [4.78, 5) is 29.4. The summed E-state index contributed by atoms with van der Waals surface area (Å²) in [5.41, 5.74) is -0.713. The van der Waals surface area contributed by atoms with Crippen molar-refractivity contribution in [1.29, 1.82) is 0 Å². The van der Waals surface area contributed by atoms with Crippen LogP contribution in [0.5, 0.6) is 0 Å². The Morgan fingerprint density at radius 1 is 1.24 bits per heavy atom. The van der Waals surface area contributed by atoms with Crippen molar-refractivity contribution in [3.63, 3.8) is 0 Å². The van der Waals surface area contributed by atoms with E-state index in [1.807, 2.05) is 39.8 Å². The fourth-order valence-electron chi connectivity index (χ4n) is 3.09. The van der Waals surface area contributed by atoms with Crippen molar-refractivity contribution in [3.05, 3.63) is 0 Å². The number of hydrogen-bond donors (Lipinski definition) is 1. The van der Waals surface area contributed by atoms with Crippen molar-refractivity contribution in [2.45, 2.75) is 71.0 Å². The number of piperazine rings is 1. The van der Waals surface area contributed by atoms with Gasteiger partial charge in [0.15, 0.2) is 0 Å². The van der Waals surface area contributed by atoms with E-state index in [1.54, 1.807) is 0 Å². The molecule has 0 radical (unpaired) electrons. The summed E-state index contributed by atoms with van der Waals surface area (Å²) in [6, 6.07) is -0.255. The van der Waals surface area contributed by atoms with Gasteiger partial charge in [0.1, 0.15) is 11.6 Å². The second-order valence-corrected chi connectivity index (χ2v) is 6.36. The summed E-state index contributed by atoms with van der Waals surface area (Å²) >= 11 is 0. The van der Waals surface area contributed by atoms with Gasteiger partial charge in [0.05, 0.1) is 0 Å². The third-order valence-corrected chi connectivity index (χ3v) is 4.71. The molecule has 5 nitrogen and oxygen atoms in total. The molecule has 0 aromatic rings. The Morgan fingerprint density at radius 3 is 2.24 bits per heavy atom. The Kier molecular flexibility index (Phi) is 6.20. The molecule has 21 heavy (non-hydrogen) atoms. The van der Waals surface area contributed by atoms with E-state index >= 15 is 0 Å². The van der Waals surface area contributed by atoms with Crippen LogP contribution < -0.4 is 5.32 Å². The van der Waals surface area contributed by atoms with Gasteiger partial charge in [-0.2, -0.15) is 0 Å². The van der Waals surface area contributed by atoms with Crippen LogP contribution in [0.2, 0.25) is 0 Å². The van der Waals surface area contributed by atoms with Crippen molar-refractivity contribution in [3.8, 4) is 0 Å². The molecular weight excluding hydrogens is 266 g/mol. The van der Waals surface area contributed by atoms with Crippen LogP contribution in [0.15, 0.2) is 0 Å². The second kappa shape index (κ2) is 7.25. The molecule has 1 fully saturated rings. The lowest BCUT2D eigenvalue weighted by atomic mass is 9.85. The van der Waals surface area contributed by atoms with E-state index in [1.165, 1.54) is 0 Å². The van der Waals surface area contributed by atoms with Gasteiger partial charge in [-0.25, -0.2) is 0 Å². The van der Waals surface area contributed by atoms with Gasteiger partial charge in [-0.05, 0) is 53.2 Å². The number of nitrogens with one attached hydrogen (secondary N) is 1. The maximum Gasteiger partial charge on any atom is 0.249 e. The van der Waals surface area contributed by atoms with Crippen LogP contribution in [0.4, 0.5) is 0 Å². The van der Waals surface area contributed by atoms with Gasteiger partial charge >= 0.3 is 0 Å². The van der Waals surface area contributed by atoms with Crippen molar-refractivity contribution in [2.75, 3.05) is 20.6 Å². The van der Waals surface area contributed by atoms with Crippen molar-refractivity contribution >= 4 is 11.8 Å². The number of nitrogens with zero attached hydrogens (tertiary/aromatic N) is 2. The fraction of sp³-hybridized carbons (Fsp3) is 0.875. The molecule has 0 aliphatic carbocycles. The summed E-state index contributed by atoms with van der Waals surface area (Å²) in [5, 5.41) is 2.99. The Labute approximate surface area is 129 Å². The molecule has 0 aromatic heterocycles. The molecule has 1 rings (SSSR count). The minimum absolute atomic E-state index is 0.00231. The first-order chi connectivity index (χ1) is 9.82. The third kappa shape index (κ3) is 3.57. The predicted molar refractivity (Wildman–Crippen MR) is 85.0 cm³/mol. The molecule has 1 aliphatic rings. The number of amides is 2.